The second kappa shape index (κ2) is 4.71. The van der Waals surface area contributed by atoms with Crippen molar-refractivity contribution in [1.82, 2.24) is 19.9 Å². The van der Waals surface area contributed by atoms with E-state index in [1.165, 1.54) is 17.7 Å². The Morgan fingerprint density at radius 1 is 1.53 bits per heavy atom. The molecule has 3 rings (SSSR count). The number of methoxy groups -OCH3 is 1. The summed E-state index contributed by atoms with van der Waals surface area (Å²) in [7, 11) is 1.64. The molecule has 0 aromatic carbocycles. The highest BCUT2D eigenvalue weighted by atomic mass is 32.1. The van der Waals surface area contributed by atoms with E-state index >= 15 is 0 Å². The van der Waals surface area contributed by atoms with E-state index in [0.717, 1.165) is 27.5 Å². The van der Waals surface area contributed by atoms with Gasteiger partial charge in [-0.2, -0.15) is 0 Å². The molecule has 0 saturated carbocycles. The molecule has 0 atom stereocenters. The maximum absolute atomic E-state index is 5.41. The van der Waals surface area contributed by atoms with Gasteiger partial charge in [0.2, 0.25) is 0 Å². The van der Waals surface area contributed by atoms with E-state index in [2.05, 4.69) is 25.9 Å². The van der Waals surface area contributed by atoms with Crippen molar-refractivity contribution in [3.63, 3.8) is 0 Å². The molecule has 0 fully saturated rings. The third-order valence-corrected chi connectivity index (χ3v) is 3.72. The smallest absolute Gasteiger partial charge is 0.181 e. The summed E-state index contributed by atoms with van der Waals surface area (Å²) in [6.07, 6.45) is 9.09. The van der Waals surface area contributed by atoms with Gasteiger partial charge in [-0.1, -0.05) is 0 Å². The van der Waals surface area contributed by atoms with Crippen molar-refractivity contribution in [2.45, 2.75) is 6.42 Å². The topological polar surface area (TPSA) is 63.7 Å². The zero-order valence-corrected chi connectivity index (χ0v) is 11.0. The van der Waals surface area contributed by atoms with E-state index in [1.54, 1.807) is 13.3 Å². The number of aromatic amines is 1. The molecule has 3 aromatic rings. The van der Waals surface area contributed by atoms with Crippen LogP contribution in [0.25, 0.3) is 22.6 Å². The number of hydrogen-bond donors (Lipinski definition) is 1. The van der Waals surface area contributed by atoms with Gasteiger partial charge in [0.05, 0.1) is 13.3 Å². The number of H-pyrrole nitrogens is 1. The third-order valence-electron chi connectivity index (χ3n) is 2.74. The van der Waals surface area contributed by atoms with Crippen molar-refractivity contribution in [1.29, 1.82) is 0 Å². The van der Waals surface area contributed by atoms with Crippen molar-refractivity contribution >= 4 is 22.5 Å². The van der Waals surface area contributed by atoms with Gasteiger partial charge < -0.3 is 9.72 Å². The molecule has 3 heterocycles. The molecule has 0 aliphatic rings. The molecule has 0 radical (unpaired) electrons. The number of imidazole rings is 1. The molecule has 6 heteroatoms. The summed E-state index contributed by atoms with van der Waals surface area (Å²) in [5.41, 5.74) is 3.37. The number of terminal acetylenes is 1. The normalized spacial score (nSPS) is 10.5. The van der Waals surface area contributed by atoms with Gasteiger partial charge in [0, 0.05) is 22.9 Å². The van der Waals surface area contributed by atoms with Crippen LogP contribution in [0, 0.1) is 12.3 Å². The Morgan fingerprint density at radius 3 is 3.16 bits per heavy atom. The lowest BCUT2D eigenvalue weighted by molar-refractivity contribution is 0.424. The van der Waals surface area contributed by atoms with Gasteiger partial charge >= 0.3 is 0 Å². The fourth-order valence-electron chi connectivity index (χ4n) is 1.89. The zero-order chi connectivity index (χ0) is 13.2. The van der Waals surface area contributed by atoms with Crippen molar-refractivity contribution in [2.75, 3.05) is 7.11 Å². The quantitative estimate of drug-likeness (QED) is 0.741. The molecule has 0 unspecified atom stereocenters. The second-order valence-electron chi connectivity index (χ2n) is 3.85. The summed E-state index contributed by atoms with van der Waals surface area (Å²) >= 11 is 1.51. The predicted octanol–water partition coefficient (Wildman–Crippen LogP) is 2.27. The average Bonchev–Trinajstić information content (AvgIpc) is 3.01. The number of hydrogen-bond acceptors (Lipinski definition) is 5. The first kappa shape index (κ1) is 11.7. The van der Waals surface area contributed by atoms with Gasteiger partial charge in [0.1, 0.15) is 17.7 Å². The molecule has 3 aromatic heterocycles. The number of nitrogens with zero attached hydrogens (tertiary/aromatic N) is 3. The van der Waals surface area contributed by atoms with Crippen molar-refractivity contribution in [3.05, 3.63) is 23.5 Å². The highest BCUT2D eigenvalue weighted by molar-refractivity contribution is 7.12. The van der Waals surface area contributed by atoms with E-state index in [4.69, 9.17) is 11.2 Å². The molecule has 0 spiro atoms. The summed E-state index contributed by atoms with van der Waals surface area (Å²) in [4.78, 5) is 15.7. The van der Waals surface area contributed by atoms with Crippen molar-refractivity contribution in [3.8, 4) is 28.8 Å². The molecular formula is C13H10N4OS. The van der Waals surface area contributed by atoms with Crippen LogP contribution in [0.15, 0.2) is 17.9 Å². The molecule has 5 nitrogen and oxygen atoms in total. The number of thiophene rings is 1. The second-order valence-corrected chi connectivity index (χ2v) is 4.69. The van der Waals surface area contributed by atoms with E-state index in [-0.39, 0.29) is 0 Å². The van der Waals surface area contributed by atoms with Crippen LogP contribution in [0.3, 0.4) is 0 Å². The van der Waals surface area contributed by atoms with Crippen LogP contribution in [0.5, 0.6) is 5.06 Å². The Hall–Kier alpha value is -2.39. The average molecular weight is 270 g/mol. The lowest BCUT2D eigenvalue weighted by Gasteiger charge is -2.00. The van der Waals surface area contributed by atoms with Gasteiger partial charge in [-0.05, 0) is 0 Å². The molecule has 1 N–H and O–H groups in total. The number of nitrogens with one attached hydrogen (secondary N) is 1. The monoisotopic (exact) mass is 270 g/mol. The van der Waals surface area contributed by atoms with E-state index in [0.29, 0.717) is 12.1 Å². The molecule has 0 aliphatic heterocycles. The summed E-state index contributed by atoms with van der Waals surface area (Å²) in [6.45, 7) is 0. The van der Waals surface area contributed by atoms with Gasteiger partial charge in [0.15, 0.2) is 10.7 Å². The Labute approximate surface area is 113 Å². The molecule has 0 saturated heterocycles. The van der Waals surface area contributed by atoms with Crippen LogP contribution >= 0.6 is 11.3 Å². The van der Waals surface area contributed by atoms with Crippen LogP contribution in [-0.2, 0) is 6.42 Å². The fourth-order valence-corrected chi connectivity index (χ4v) is 2.79. The Bertz CT molecular complexity index is 735. The maximum Gasteiger partial charge on any atom is 0.181 e. The van der Waals surface area contributed by atoms with Crippen LogP contribution in [0.2, 0.25) is 0 Å². The molecule has 19 heavy (non-hydrogen) atoms. The van der Waals surface area contributed by atoms with Gasteiger partial charge in [-0.15, -0.1) is 23.7 Å². The first-order valence-electron chi connectivity index (χ1n) is 5.57. The van der Waals surface area contributed by atoms with Crippen molar-refractivity contribution < 1.29 is 4.74 Å². The Morgan fingerprint density at radius 2 is 2.42 bits per heavy atom. The lowest BCUT2D eigenvalue weighted by Crippen LogP contribution is -1.89. The fraction of sp³-hybridized carbons (Fsp3) is 0.154. The first-order chi connectivity index (χ1) is 9.33. The van der Waals surface area contributed by atoms with Gasteiger partial charge in [0.25, 0.3) is 0 Å². The minimum atomic E-state index is 0.505. The number of aromatic nitrogens is 4. The summed E-state index contributed by atoms with van der Waals surface area (Å²) in [6, 6.07) is 0. The lowest BCUT2D eigenvalue weighted by atomic mass is 10.1. The molecule has 0 aliphatic carbocycles. The Balaban J connectivity index is 2.15. The first-order valence-corrected chi connectivity index (χ1v) is 6.45. The third kappa shape index (κ3) is 1.94. The van der Waals surface area contributed by atoms with E-state index in [1.807, 2.05) is 5.38 Å². The van der Waals surface area contributed by atoms with Crippen LogP contribution in [0.1, 0.15) is 5.56 Å². The Kier molecular flexibility index (Phi) is 2.89. The summed E-state index contributed by atoms with van der Waals surface area (Å²) < 4.78 is 5.33. The van der Waals surface area contributed by atoms with Crippen LogP contribution in [-0.4, -0.2) is 27.0 Å². The maximum atomic E-state index is 5.41. The predicted molar refractivity (Wildman–Crippen MR) is 74.1 cm³/mol. The largest absolute Gasteiger partial charge is 0.487 e. The van der Waals surface area contributed by atoms with Crippen LogP contribution < -0.4 is 4.74 Å². The van der Waals surface area contributed by atoms with Gasteiger partial charge in [-0.25, -0.2) is 15.0 Å². The minimum absolute atomic E-state index is 0.505. The molecule has 0 bridgehead atoms. The highest BCUT2D eigenvalue weighted by Gasteiger charge is 2.16. The SMILES string of the molecule is C#CCc1c(-c2nc3ncncc3[nH]2)csc1OC. The zero-order valence-electron chi connectivity index (χ0n) is 10.2. The number of rotatable bonds is 3. The van der Waals surface area contributed by atoms with Crippen molar-refractivity contribution in [2.24, 2.45) is 0 Å². The summed E-state index contributed by atoms with van der Waals surface area (Å²) in [5, 5.41) is 2.80. The molecular weight excluding hydrogens is 260 g/mol. The summed E-state index contributed by atoms with van der Waals surface area (Å²) in [5.74, 6) is 3.38. The minimum Gasteiger partial charge on any atom is -0.487 e. The molecule has 94 valence electrons. The van der Waals surface area contributed by atoms with E-state index < -0.39 is 0 Å². The highest BCUT2D eigenvalue weighted by Crippen LogP contribution is 2.36. The molecule has 0 amide bonds. The standard InChI is InChI=1S/C13H10N4OS/c1-3-4-8-9(6-19-13(8)18-2)11-16-10-5-14-7-15-12(10)17-11/h1,5-7H,4H2,2H3,(H,14,15,16,17). The van der Waals surface area contributed by atoms with E-state index in [9.17, 15) is 0 Å². The number of ether oxygens (including phenoxy) is 1. The van der Waals surface area contributed by atoms with Gasteiger partial charge in [-0.3, -0.25) is 0 Å². The number of fused-ring (bicyclic) bond motifs is 1. The van der Waals surface area contributed by atoms with Crippen LogP contribution in [0.4, 0.5) is 0 Å².